The molecule has 140 valence electrons. The van der Waals surface area contributed by atoms with E-state index in [2.05, 4.69) is 4.98 Å². The van der Waals surface area contributed by atoms with Gasteiger partial charge in [-0.25, -0.2) is 4.98 Å². The van der Waals surface area contributed by atoms with Gasteiger partial charge in [0.2, 0.25) is 5.88 Å². The number of carboxylic acids is 1. The molecule has 2 atom stereocenters. The molecule has 1 aliphatic heterocycles. The highest BCUT2D eigenvalue weighted by atomic mass is 16.5. The molecule has 2 aliphatic carbocycles. The Balaban J connectivity index is 1.44. The van der Waals surface area contributed by atoms with Gasteiger partial charge in [-0.3, -0.25) is 9.59 Å². The van der Waals surface area contributed by atoms with Crippen molar-refractivity contribution in [1.29, 1.82) is 0 Å². The van der Waals surface area contributed by atoms with Crippen LogP contribution in [0.15, 0.2) is 18.3 Å². The van der Waals surface area contributed by atoms with Crippen LogP contribution in [0, 0.1) is 17.8 Å². The van der Waals surface area contributed by atoms with Crippen molar-refractivity contribution in [3.63, 3.8) is 0 Å². The molecule has 6 nitrogen and oxygen atoms in total. The third-order valence-electron chi connectivity index (χ3n) is 6.02. The average molecular weight is 358 g/mol. The van der Waals surface area contributed by atoms with Crippen LogP contribution >= 0.6 is 0 Å². The summed E-state index contributed by atoms with van der Waals surface area (Å²) in [6.07, 6.45) is 9.65. The minimum atomic E-state index is -0.784. The highest BCUT2D eigenvalue weighted by Gasteiger charge is 2.46. The highest BCUT2D eigenvalue weighted by Crippen LogP contribution is 2.44. The Labute approximate surface area is 153 Å². The zero-order valence-electron chi connectivity index (χ0n) is 15.0. The van der Waals surface area contributed by atoms with E-state index in [0.717, 1.165) is 25.7 Å². The van der Waals surface area contributed by atoms with Crippen LogP contribution in [0.2, 0.25) is 0 Å². The number of amides is 1. The number of carbonyl (C=O) groups is 2. The Morgan fingerprint density at radius 3 is 2.58 bits per heavy atom. The van der Waals surface area contributed by atoms with Gasteiger partial charge in [-0.05, 0) is 56.4 Å². The standard InChI is InChI=1S/C20H26N2O4/c23-19(22-11-16(13-6-7-13)17(12-22)20(24)25)14-8-9-21-18(10-14)26-15-4-2-1-3-5-15/h8-10,13,15-17H,1-7,11-12H2,(H,24,25)/t16-,17+/m1/s1. The van der Waals surface area contributed by atoms with E-state index in [1.54, 1.807) is 23.2 Å². The molecule has 0 spiro atoms. The van der Waals surface area contributed by atoms with E-state index in [4.69, 9.17) is 4.74 Å². The van der Waals surface area contributed by atoms with E-state index in [1.807, 2.05) is 0 Å². The van der Waals surface area contributed by atoms with Crippen molar-refractivity contribution in [2.24, 2.45) is 17.8 Å². The highest BCUT2D eigenvalue weighted by molar-refractivity contribution is 5.95. The quantitative estimate of drug-likeness (QED) is 0.875. The number of hydrogen-bond donors (Lipinski definition) is 1. The van der Waals surface area contributed by atoms with E-state index >= 15 is 0 Å². The van der Waals surface area contributed by atoms with Crippen LogP contribution in [0.25, 0.3) is 0 Å². The number of carbonyl (C=O) groups excluding carboxylic acids is 1. The molecule has 1 aromatic heterocycles. The van der Waals surface area contributed by atoms with Crippen molar-refractivity contribution in [1.82, 2.24) is 9.88 Å². The number of nitrogens with zero attached hydrogens (tertiary/aromatic N) is 2. The monoisotopic (exact) mass is 358 g/mol. The topological polar surface area (TPSA) is 79.7 Å². The van der Waals surface area contributed by atoms with E-state index in [1.165, 1.54) is 19.3 Å². The molecule has 0 unspecified atom stereocenters. The molecule has 1 amide bonds. The number of pyridine rings is 1. The fraction of sp³-hybridized carbons (Fsp3) is 0.650. The second kappa shape index (κ2) is 7.25. The summed E-state index contributed by atoms with van der Waals surface area (Å²) in [5.74, 6) is -0.280. The van der Waals surface area contributed by atoms with Gasteiger partial charge >= 0.3 is 5.97 Å². The van der Waals surface area contributed by atoms with Gasteiger partial charge < -0.3 is 14.7 Å². The van der Waals surface area contributed by atoms with Gasteiger partial charge in [0.1, 0.15) is 6.10 Å². The zero-order chi connectivity index (χ0) is 18.1. The Morgan fingerprint density at radius 2 is 1.88 bits per heavy atom. The van der Waals surface area contributed by atoms with Gasteiger partial charge in [0.05, 0.1) is 5.92 Å². The third kappa shape index (κ3) is 3.69. The van der Waals surface area contributed by atoms with E-state index in [-0.39, 0.29) is 17.9 Å². The number of carboxylic acid groups (broad SMARTS) is 1. The maximum absolute atomic E-state index is 12.9. The lowest BCUT2D eigenvalue weighted by Crippen LogP contribution is -2.30. The summed E-state index contributed by atoms with van der Waals surface area (Å²) in [6.45, 7) is 0.845. The van der Waals surface area contributed by atoms with Crippen LogP contribution in [0.3, 0.4) is 0 Å². The molecule has 26 heavy (non-hydrogen) atoms. The largest absolute Gasteiger partial charge is 0.481 e. The second-order valence-corrected chi connectivity index (χ2v) is 7.92. The molecule has 4 rings (SSSR count). The second-order valence-electron chi connectivity index (χ2n) is 7.92. The lowest BCUT2D eigenvalue weighted by atomic mass is 9.92. The van der Waals surface area contributed by atoms with E-state index < -0.39 is 11.9 Å². The maximum Gasteiger partial charge on any atom is 0.308 e. The Kier molecular flexibility index (Phi) is 4.83. The first kappa shape index (κ1) is 17.3. The SMILES string of the molecule is O=C(O)[C@H]1CN(C(=O)c2ccnc(OC3CCCCC3)c2)C[C@@H]1C1CC1. The molecular weight excluding hydrogens is 332 g/mol. The average Bonchev–Trinajstić information content (AvgIpc) is 3.40. The van der Waals surface area contributed by atoms with Crippen molar-refractivity contribution < 1.29 is 19.4 Å². The summed E-state index contributed by atoms with van der Waals surface area (Å²) in [7, 11) is 0. The van der Waals surface area contributed by atoms with Crippen LogP contribution in [-0.2, 0) is 4.79 Å². The molecule has 1 N–H and O–H groups in total. The fourth-order valence-electron chi connectivity index (χ4n) is 4.40. The molecule has 0 aromatic carbocycles. The van der Waals surface area contributed by atoms with Gasteiger partial charge in [-0.15, -0.1) is 0 Å². The summed E-state index contributed by atoms with van der Waals surface area (Å²) in [6, 6.07) is 3.40. The van der Waals surface area contributed by atoms with E-state index in [9.17, 15) is 14.7 Å². The summed E-state index contributed by atoms with van der Waals surface area (Å²) in [5.41, 5.74) is 0.534. The molecule has 2 heterocycles. The molecule has 3 fully saturated rings. The van der Waals surface area contributed by atoms with Crippen LogP contribution in [0.4, 0.5) is 0 Å². The van der Waals surface area contributed by atoms with Crippen molar-refractivity contribution in [2.45, 2.75) is 51.0 Å². The number of aromatic nitrogens is 1. The van der Waals surface area contributed by atoms with Crippen molar-refractivity contribution in [3.05, 3.63) is 23.9 Å². The first-order valence-corrected chi connectivity index (χ1v) is 9.76. The molecule has 1 saturated heterocycles. The summed E-state index contributed by atoms with van der Waals surface area (Å²) < 4.78 is 5.96. The summed E-state index contributed by atoms with van der Waals surface area (Å²) in [4.78, 5) is 30.4. The van der Waals surface area contributed by atoms with Gasteiger partial charge in [-0.2, -0.15) is 0 Å². The molecular formula is C20H26N2O4. The van der Waals surface area contributed by atoms with Crippen LogP contribution in [0.1, 0.15) is 55.3 Å². The Hall–Kier alpha value is -2.11. The minimum absolute atomic E-state index is 0.0937. The number of likely N-dealkylation sites (tertiary alicyclic amines) is 1. The summed E-state index contributed by atoms with van der Waals surface area (Å²) in [5, 5.41) is 9.49. The zero-order valence-corrected chi connectivity index (χ0v) is 15.0. The molecule has 3 aliphatic rings. The summed E-state index contributed by atoms with van der Waals surface area (Å²) >= 11 is 0. The first-order chi connectivity index (χ1) is 12.6. The lowest BCUT2D eigenvalue weighted by Gasteiger charge is -2.22. The van der Waals surface area contributed by atoms with Crippen LogP contribution in [0.5, 0.6) is 5.88 Å². The van der Waals surface area contributed by atoms with Crippen molar-refractivity contribution >= 4 is 11.9 Å². The lowest BCUT2D eigenvalue weighted by molar-refractivity contribution is -0.142. The number of rotatable bonds is 5. The molecule has 1 aromatic rings. The smallest absolute Gasteiger partial charge is 0.308 e. The van der Waals surface area contributed by atoms with Crippen molar-refractivity contribution in [3.8, 4) is 5.88 Å². The predicted molar refractivity (Wildman–Crippen MR) is 95.0 cm³/mol. The first-order valence-electron chi connectivity index (χ1n) is 9.76. The normalized spacial score (nSPS) is 26.7. The van der Waals surface area contributed by atoms with Gasteiger partial charge in [-0.1, -0.05) is 6.42 Å². The van der Waals surface area contributed by atoms with Gasteiger partial charge in [0.25, 0.3) is 5.91 Å². The molecule has 6 heteroatoms. The minimum Gasteiger partial charge on any atom is -0.481 e. The van der Waals surface area contributed by atoms with Gasteiger partial charge in [0.15, 0.2) is 0 Å². The van der Waals surface area contributed by atoms with Crippen LogP contribution in [-0.4, -0.2) is 46.1 Å². The third-order valence-corrected chi connectivity index (χ3v) is 6.02. The number of ether oxygens (including phenoxy) is 1. The van der Waals surface area contributed by atoms with E-state index in [0.29, 0.717) is 30.5 Å². The van der Waals surface area contributed by atoms with Crippen molar-refractivity contribution in [2.75, 3.05) is 13.1 Å². The Bertz CT molecular complexity index is 682. The fourth-order valence-corrected chi connectivity index (χ4v) is 4.40. The molecule has 0 radical (unpaired) electrons. The number of hydrogen-bond acceptors (Lipinski definition) is 4. The number of aliphatic carboxylic acids is 1. The predicted octanol–water partition coefficient (Wildman–Crippen LogP) is 2.98. The maximum atomic E-state index is 12.9. The Morgan fingerprint density at radius 1 is 1.12 bits per heavy atom. The van der Waals surface area contributed by atoms with Crippen LogP contribution < -0.4 is 4.74 Å². The molecule has 0 bridgehead atoms. The molecule has 2 saturated carbocycles. The van der Waals surface area contributed by atoms with Gasteiger partial charge in [0, 0.05) is 30.9 Å².